The first-order valence-corrected chi connectivity index (χ1v) is 12.3. The number of nitrogens with one attached hydrogen (secondary N) is 1. The van der Waals surface area contributed by atoms with Gasteiger partial charge in [0.25, 0.3) is 0 Å². The number of ether oxygens (including phenoxy) is 2. The van der Waals surface area contributed by atoms with Crippen LogP contribution in [-0.4, -0.2) is 25.2 Å². The summed E-state index contributed by atoms with van der Waals surface area (Å²) in [4.78, 5) is 26.8. The third kappa shape index (κ3) is 3.99. The summed E-state index contributed by atoms with van der Waals surface area (Å²) in [7, 11) is 0. The van der Waals surface area contributed by atoms with Crippen LogP contribution in [0.5, 0.6) is 0 Å². The Morgan fingerprint density at radius 2 is 1.85 bits per heavy atom. The molecule has 6 heteroatoms. The predicted octanol–water partition coefficient (Wildman–Crippen LogP) is 5.47. The van der Waals surface area contributed by atoms with E-state index in [4.69, 9.17) is 9.47 Å². The molecule has 0 radical (unpaired) electrons. The highest BCUT2D eigenvalue weighted by molar-refractivity contribution is 7.98. The summed E-state index contributed by atoms with van der Waals surface area (Å²) in [6.45, 7) is 4.07. The molecule has 1 atom stereocenters. The van der Waals surface area contributed by atoms with Crippen LogP contribution in [0.3, 0.4) is 0 Å². The van der Waals surface area contributed by atoms with Crippen molar-refractivity contribution in [2.45, 2.75) is 30.4 Å². The fraction of sp³-hybridized carbons (Fsp3) is 0.214. The molecule has 2 aliphatic heterocycles. The van der Waals surface area contributed by atoms with E-state index in [-0.39, 0.29) is 13.2 Å². The molecular formula is C28H25NO4S. The predicted molar refractivity (Wildman–Crippen MR) is 133 cm³/mol. The van der Waals surface area contributed by atoms with E-state index >= 15 is 0 Å². The number of benzene rings is 3. The summed E-state index contributed by atoms with van der Waals surface area (Å²) in [5.74, 6) is -0.591. The van der Waals surface area contributed by atoms with Gasteiger partial charge < -0.3 is 14.8 Å². The van der Waals surface area contributed by atoms with E-state index in [1.165, 1.54) is 16.3 Å². The van der Waals surface area contributed by atoms with Crippen molar-refractivity contribution in [1.29, 1.82) is 0 Å². The van der Waals surface area contributed by atoms with Gasteiger partial charge in [-0.2, -0.15) is 0 Å². The highest BCUT2D eigenvalue weighted by Gasteiger charge is 2.42. The van der Waals surface area contributed by atoms with Gasteiger partial charge in [-0.3, -0.25) is 0 Å². The molecule has 5 nitrogen and oxygen atoms in total. The van der Waals surface area contributed by atoms with Crippen molar-refractivity contribution in [1.82, 2.24) is 5.32 Å². The van der Waals surface area contributed by atoms with Gasteiger partial charge in [0.1, 0.15) is 6.61 Å². The van der Waals surface area contributed by atoms with Crippen LogP contribution in [0.2, 0.25) is 0 Å². The Bertz CT molecular complexity index is 1350. The molecule has 0 bridgehead atoms. The Balaban J connectivity index is 1.55. The summed E-state index contributed by atoms with van der Waals surface area (Å²) < 4.78 is 10.7. The van der Waals surface area contributed by atoms with Crippen molar-refractivity contribution in [3.63, 3.8) is 0 Å². The van der Waals surface area contributed by atoms with Crippen LogP contribution >= 0.6 is 11.8 Å². The van der Waals surface area contributed by atoms with Crippen LogP contribution < -0.4 is 5.32 Å². The topological polar surface area (TPSA) is 64.6 Å². The van der Waals surface area contributed by atoms with Gasteiger partial charge >= 0.3 is 11.9 Å². The average Bonchev–Trinajstić information content (AvgIpc) is 3.22. The Kier molecular flexibility index (Phi) is 6.16. The molecule has 2 heterocycles. The number of rotatable bonds is 6. The van der Waals surface area contributed by atoms with Crippen LogP contribution in [0.4, 0.5) is 0 Å². The number of allylic oxidation sites excluding steroid dienone is 1. The van der Waals surface area contributed by atoms with Crippen LogP contribution in [0, 0.1) is 0 Å². The molecule has 0 fully saturated rings. The number of carbonyl (C=O) groups excluding carboxylic acids is 2. The second-order valence-corrected chi connectivity index (χ2v) is 9.27. The number of carbonyl (C=O) groups is 2. The first kappa shape index (κ1) is 22.3. The van der Waals surface area contributed by atoms with E-state index in [0.29, 0.717) is 16.8 Å². The van der Waals surface area contributed by atoms with E-state index < -0.39 is 17.9 Å². The monoisotopic (exact) mass is 471 g/mol. The molecule has 0 aliphatic carbocycles. The molecule has 0 amide bonds. The first-order chi connectivity index (χ1) is 16.6. The van der Waals surface area contributed by atoms with Crippen molar-refractivity contribution in [2.75, 3.05) is 13.2 Å². The van der Waals surface area contributed by atoms with E-state index in [2.05, 4.69) is 41.7 Å². The second kappa shape index (κ2) is 9.39. The molecule has 3 aromatic rings. The van der Waals surface area contributed by atoms with Gasteiger partial charge in [-0.1, -0.05) is 60.7 Å². The fourth-order valence-electron chi connectivity index (χ4n) is 4.68. The molecule has 0 aromatic heterocycles. The normalized spacial score (nSPS) is 17.5. The number of esters is 2. The third-order valence-corrected chi connectivity index (χ3v) is 7.34. The van der Waals surface area contributed by atoms with Crippen LogP contribution in [0.15, 0.2) is 94.2 Å². The van der Waals surface area contributed by atoms with Gasteiger partial charge in [-0.15, -0.1) is 11.8 Å². The molecule has 1 N–H and O–H groups in total. The standard InChI is InChI=1S/C28H25NO4S/c1-3-32-27(30)24-17(2)29-22-15-33-28(31)26(22)25(24)21-13-6-7-14-23(21)34-16-19-11-8-10-18-9-4-5-12-20(18)19/h4-14,25,29H,3,15-16H2,1-2H3. The fourth-order valence-corrected chi connectivity index (χ4v) is 5.77. The van der Waals surface area contributed by atoms with Gasteiger partial charge in [-0.25, -0.2) is 9.59 Å². The summed E-state index contributed by atoms with van der Waals surface area (Å²) >= 11 is 1.70. The lowest BCUT2D eigenvalue weighted by atomic mass is 9.81. The van der Waals surface area contributed by atoms with Crippen molar-refractivity contribution < 1.29 is 19.1 Å². The largest absolute Gasteiger partial charge is 0.463 e. The molecule has 34 heavy (non-hydrogen) atoms. The summed E-state index contributed by atoms with van der Waals surface area (Å²) in [5.41, 5.74) is 4.50. The maximum absolute atomic E-state index is 13.0. The lowest BCUT2D eigenvalue weighted by Crippen LogP contribution is -2.30. The van der Waals surface area contributed by atoms with Gasteiger partial charge in [0.2, 0.25) is 0 Å². The number of hydrogen-bond donors (Lipinski definition) is 1. The number of fused-ring (bicyclic) bond motifs is 1. The Morgan fingerprint density at radius 3 is 2.71 bits per heavy atom. The van der Waals surface area contributed by atoms with E-state index in [1.54, 1.807) is 18.7 Å². The summed E-state index contributed by atoms with van der Waals surface area (Å²) in [6.07, 6.45) is 0. The zero-order valence-electron chi connectivity index (χ0n) is 19.1. The maximum Gasteiger partial charge on any atom is 0.337 e. The minimum atomic E-state index is -0.540. The van der Waals surface area contributed by atoms with Crippen molar-refractivity contribution in [2.24, 2.45) is 0 Å². The molecule has 1 unspecified atom stereocenters. The highest BCUT2D eigenvalue weighted by atomic mass is 32.2. The van der Waals surface area contributed by atoms with Crippen LogP contribution in [0.25, 0.3) is 10.8 Å². The number of hydrogen-bond acceptors (Lipinski definition) is 6. The lowest BCUT2D eigenvalue weighted by Gasteiger charge is -2.28. The van der Waals surface area contributed by atoms with Gasteiger partial charge in [0, 0.05) is 16.3 Å². The Hall–Kier alpha value is -3.51. The first-order valence-electron chi connectivity index (χ1n) is 11.3. The molecular weight excluding hydrogens is 446 g/mol. The quantitative estimate of drug-likeness (QED) is 0.380. The number of dihydropyridines is 1. The number of cyclic esters (lactones) is 1. The van der Waals surface area contributed by atoms with Crippen LogP contribution in [0.1, 0.15) is 30.9 Å². The van der Waals surface area contributed by atoms with Crippen molar-refractivity contribution in [3.8, 4) is 0 Å². The Labute approximate surface area is 202 Å². The van der Waals surface area contributed by atoms with Crippen LogP contribution in [-0.2, 0) is 24.8 Å². The minimum absolute atomic E-state index is 0.184. The average molecular weight is 472 g/mol. The SMILES string of the molecule is CCOC(=O)C1=C(C)NC2=C(C(=O)OC2)C1c1ccccc1SCc1cccc2ccccc12. The van der Waals surface area contributed by atoms with Crippen molar-refractivity contribution >= 4 is 34.5 Å². The van der Waals surface area contributed by atoms with Gasteiger partial charge in [0.05, 0.1) is 29.4 Å². The zero-order chi connectivity index (χ0) is 23.7. The molecule has 172 valence electrons. The molecule has 5 rings (SSSR count). The third-order valence-electron chi connectivity index (χ3n) is 6.20. The molecule has 0 spiro atoms. The summed E-state index contributed by atoms with van der Waals surface area (Å²) in [6, 6.07) is 22.7. The van der Waals surface area contributed by atoms with Gasteiger partial charge in [0.15, 0.2) is 0 Å². The van der Waals surface area contributed by atoms with Gasteiger partial charge in [-0.05, 0) is 41.8 Å². The Morgan fingerprint density at radius 1 is 1.09 bits per heavy atom. The summed E-state index contributed by atoms with van der Waals surface area (Å²) in [5, 5.41) is 5.63. The second-order valence-electron chi connectivity index (χ2n) is 8.25. The number of thioether (sulfide) groups is 1. The smallest absolute Gasteiger partial charge is 0.337 e. The van der Waals surface area contributed by atoms with E-state index in [1.807, 2.05) is 37.3 Å². The molecule has 2 aliphatic rings. The molecule has 0 saturated heterocycles. The van der Waals surface area contributed by atoms with Crippen molar-refractivity contribution in [3.05, 3.63) is 100 Å². The zero-order valence-corrected chi connectivity index (χ0v) is 19.9. The lowest BCUT2D eigenvalue weighted by molar-refractivity contribution is -0.138. The highest BCUT2D eigenvalue weighted by Crippen LogP contribution is 2.45. The minimum Gasteiger partial charge on any atom is -0.463 e. The molecule has 0 saturated carbocycles. The molecule has 3 aromatic carbocycles. The maximum atomic E-state index is 13.0. The van der Waals surface area contributed by atoms with E-state index in [9.17, 15) is 9.59 Å². The van der Waals surface area contributed by atoms with E-state index in [0.717, 1.165) is 21.9 Å².